The number of para-hydroxylation sites is 2. The van der Waals surface area contributed by atoms with Gasteiger partial charge >= 0.3 is 0 Å². The topological polar surface area (TPSA) is 47.5 Å². The molecule has 0 bridgehead atoms. The Labute approximate surface area is 166 Å². The van der Waals surface area contributed by atoms with Crippen LogP contribution in [0.4, 0.5) is 0 Å². The minimum Gasteiger partial charge on any atom is -0.457 e. The highest BCUT2D eigenvalue weighted by Gasteiger charge is 2.13. The van der Waals surface area contributed by atoms with Crippen molar-refractivity contribution in [2.45, 2.75) is 0 Å². The number of halogens is 2. The second-order valence-corrected chi connectivity index (χ2v) is 7.76. The second kappa shape index (κ2) is 6.23. The molecule has 0 spiro atoms. The van der Waals surface area contributed by atoms with Gasteiger partial charge in [-0.25, -0.2) is 9.38 Å². The SMILES string of the molecule is O=c1/c(=C\c2ccc(-c3c(Cl)cccc3Cl)o2)sc2nc3ccccc3n12. The van der Waals surface area contributed by atoms with Crippen molar-refractivity contribution in [2.75, 3.05) is 0 Å². The molecule has 0 N–H and O–H groups in total. The number of thiazole rings is 1. The number of nitrogens with zero attached hydrogens (tertiary/aromatic N) is 2. The number of rotatable bonds is 2. The van der Waals surface area contributed by atoms with E-state index in [1.807, 2.05) is 24.3 Å². The summed E-state index contributed by atoms with van der Waals surface area (Å²) in [7, 11) is 0. The van der Waals surface area contributed by atoms with Crippen LogP contribution in [-0.4, -0.2) is 9.38 Å². The van der Waals surface area contributed by atoms with E-state index in [0.717, 1.165) is 11.0 Å². The average Bonchev–Trinajstić information content (AvgIpc) is 3.31. The monoisotopic (exact) mass is 412 g/mol. The molecule has 2 aromatic carbocycles. The number of hydrogen-bond donors (Lipinski definition) is 0. The number of benzene rings is 2. The van der Waals surface area contributed by atoms with Crippen molar-refractivity contribution in [3.63, 3.8) is 0 Å². The third-order valence-electron chi connectivity index (χ3n) is 4.25. The molecular formula is C20H10Cl2N2O2S. The minimum atomic E-state index is -0.113. The van der Waals surface area contributed by atoms with Crippen LogP contribution in [-0.2, 0) is 0 Å². The Morgan fingerprint density at radius 3 is 2.59 bits per heavy atom. The molecule has 0 aliphatic heterocycles. The van der Waals surface area contributed by atoms with E-state index in [0.29, 0.717) is 36.6 Å². The van der Waals surface area contributed by atoms with E-state index >= 15 is 0 Å². The van der Waals surface area contributed by atoms with Gasteiger partial charge in [-0.3, -0.25) is 4.79 Å². The molecule has 3 heterocycles. The molecule has 0 fully saturated rings. The van der Waals surface area contributed by atoms with Gasteiger partial charge in [0.25, 0.3) is 5.56 Å². The summed E-state index contributed by atoms with van der Waals surface area (Å²) in [6.07, 6.45) is 1.71. The van der Waals surface area contributed by atoms with Gasteiger partial charge < -0.3 is 4.42 Å². The van der Waals surface area contributed by atoms with E-state index in [9.17, 15) is 4.79 Å². The molecule has 27 heavy (non-hydrogen) atoms. The van der Waals surface area contributed by atoms with Crippen LogP contribution in [0, 0.1) is 0 Å². The lowest BCUT2D eigenvalue weighted by Crippen LogP contribution is -2.22. The summed E-state index contributed by atoms with van der Waals surface area (Å²) < 4.78 is 8.04. The van der Waals surface area contributed by atoms with E-state index in [2.05, 4.69) is 4.98 Å². The zero-order valence-electron chi connectivity index (χ0n) is 13.6. The van der Waals surface area contributed by atoms with Gasteiger partial charge in [0.1, 0.15) is 16.1 Å². The van der Waals surface area contributed by atoms with Gasteiger partial charge in [0.15, 0.2) is 4.96 Å². The van der Waals surface area contributed by atoms with Gasteiger partial charge in [0, 0.05) is 6.08 Å². The number of imidazole rings is 1. The fourth-order valence-corrected chi connectivity index (χ4v) is 4.59. The van der Waals surface area contributed by atoms with E-state index < -0.39 is 0 Å². The lowest BCUT2D eigenvalue weighted by atomic mass is 10.2. The summed E-state index contributed by atoms with van der Waals surface area (Å²) >= 11 is 13.8. The second-order valence-electron chi connectivity index (χ2n) is 5.93. The molecule has 0 saturated heterocycles. The molecule has 0 radical (unpaired) electrons. The normalized spacial score (nSPS) is 12.4. The lowest BCUT2D eigenvalue weighted by Gasteiger charge is -2.02. The minimum absolute atomic E-state index is 0.113. The largest absolute Gasteiger partial charge is 0.457 e. The fourth-order valence-electron chi connectivity index (χ4n) is 3.04. The third kappa shape index (κ3) is 2.67. The number of fused-ring (bicyclic) bond motifs is 3. The first kappa shape index (κ1) is 16.6. The van der Waals surface area contributed by atoms with Crippen molar-refractivity contribution < 1.29 is 4.42 Å². The summed E-state index contributed by atoms with van der Waals surface area (Å²) in [5.41, 5.74) is 2.13. The highest BCUT2D eigenvalue weighted by Crippen LogP contribution is 2.35. The first-order valence-electron chi connectivity index (χ1n) is 8.08. The smallest absolute Gasteiger partial charge is 0.275 e. The molecule has 0 saturated carbocycles. The Bertz CT molecular complexity index is 1410. The van der Waals surface area contributed by atoms with E-state index in [1.54, 1.807) is 40.8 Å². The number of aromatic nitrogens is 2. The lowest BCUT2D eigenvalue weighted by molar-refractivity contribution is 0.571. The van der Waals surface area contributed by atoms with Crippen molar-refractivity contribution in [1.29, 1.82) is 0 Å². The Morgan fingerprint density at radius 2 is 1.78 bits per heavy atom. The predicted molar refractivity (Wildman–Crippen MR) is 110 cm³/mol. The molecule has 132 valence electrons. The maximum absolute atomic E-state index is 12.8. The molecule has 0 amide bonds. The molecule has 4 nitrogen and oxygen atoms in total. The van der Waals surface area contributed by atoms with Crippen LogP contribution in [0.15, 0.2) is 63.8 Å². The van der Waals surface area contributed by atoms with Gasteiger partial charge in [-0.15, -0.1) is 0 Å². The molecule has 0 aliphatic carbocycles. The zero-order chi connectivity index (χ0) is 18.5. The summed E-state index contributed by atoms with van der Waals surface area (Å²) in [6, 6.07) is 16.4. The van der Waals surface area contributed by atoms with Gasteiger partial charge in [-0.05, 0) is 36.4 Å². The summed E-state index contributed by atoms with van der Waals surface area (Å²) in [5.74, 6) is 1.10. The van der Waals surface area contributed by atoms with Gasteiger partial charge in [0.2, 0.25) is 0 Å². The molecule has 0 aliphatic rings. The van der Waals surface area contributed by atoms with Crippen molar-refractivity contribution in [3.8, 4) is 11.3 Å². The van der Waals surface area contributed by atoms with Crippen LogP contribution in [0.2, 0.25) is 10.0 Å². The van der Waals surface area contributed by atoms with Crippen LogP contribution in [0.25, 0.3) is 33.4 Å². The predicted octanol–water partition coefficient (Wildman–Crippen LogP) is 5.02. The third-order valence-corrected chi connectivity index (χ3v) is 5.85. The van der Waals surface area contributed by atoms with Crippen LogP contribution in [0.3, 0.4) is 0 Å². The van der Waals surface area contributed by atoms with Crippen molar-refractivity contribution >= 4 is 56.6 Å². The van der Waals surface area contributed by atoms with E-state index in [4.69, 9.17) is 27.6 Å². The summed E-state index contributed by atoms with van der Waals surface area (Å²) in [5, 5.41) is 1.02. The summed E-state index contributed by atoms with van der Waals surface area (Å²) in [4.78, 5) is 18.0. The van der Waals surface area contributed by atoms with E-state index in [-0.39, 0.29) is 5.56 Å². The molecule has 7 heteroatoms. The standard InChI is InChI=1S/C20H10Cl2N2O2S/c21-12-4-3-5-13(22)18(12)16-9-8-11(26-16)10-17-19(25)24-15-7-2-1-6-14(15)23-20(24)27-17/h1-10H/b17-10+. The first-order chi connectivity index (χ1) is 13.1. The van der Waals surface area contributed by atoms with Gasteiger partial charge in [-0.1, -0.05) is 52.7 Å². The molecule has 5 aromatic rings. The van der Waals surface area contributed by atoms with Gasteiger partial charge in [0.05, 0.1) is 26.6 Å². The first-order valence-corrected chi connectivity index (χ1v) is 9.65. The van der Waals surface area contributed by atoms with Crippen LogP contribution >= 0.6 is 34.5 Å². The highest BCUT2D eigenvalue weighted by molar-refractivity contribution is 7.15. The highest BCUT2D eigenvalue weighted by atomic mass is 35.5. The Hall–Kier alpha value is -2.60. The average molecular weight is 413 g/mol. The summed E-state index contributed by atoms with van der Waals surface area (Å²) in [6.45, 7) is 0. The molecule has 5 rings (SSSR count). The Morgan fingerprint density at radius 1 is 1.00 bits per heavy atom. The molecular weight excluding hydrogens is 403 g/mol. The number of furan rings is 1. The van der Waals surface area contributed by atoms with Crippen molar-refractivity contribution in [3.05, 3.63) is 85.3 Å². The van der Waals surface area contributed by atoms with Crippen molar-refractivity contribution in [1.82, 2.24) is 9.38 Å². The Balaban J connectivity index is 1.65. The maximum atomic E-state index is 12.8. The van der Waals surface area contributed by atoms with Gasteiger partial charge in [-0.2, -0.15) is 0 Å². The van der Waals surface area contributed by atoms with Crippen LogP contribution in [0.5, 0.6) is 0 Å². The fraction of sp³-hybridized carbons (Fsp3) is 0. The zero-order valence-corrected chi connectivity index (χ0v) is 16.0. The van der Waals surface area contributed by atoms with Crippen molar-refractivity contribution in [2.24, 2.45) is 0 Å². The molecule has 0 atom stereocenters. The molecule has 0 unspecified atom stereocenters. The van der Waals surface area contributed by atoms with Crippen LogP contribution in [0.1, 0.15) is 5.76 Å². The Kier molecular flexibility index (Phi) is 3.82. The maximum Gasteiger partial charge on any atom is 0.275 e. The van der Waals surface area contributed by atoms with Crippen LogP contribution < -0.4 is 10.1 Å². The van der Waals surface area contributed by atoms with E-state index in [1.165, 1.54) is 11.3 Å². The quantitative estimate of drug-likeness (QED) is 0.408. The molecule has 3 aromatic heterocycles. The number of hydrogen-bond acceptors (Lipinski definition) is 4.